The van der Waals surface area contributed by atoms with Crippen molar-refractivity contribution >= 4 is 0 Å². The van der Waals surface area contributed by atoms with Gasteiger partial charge in [-0.25, -0.2) is 0 Å². The molecule has 4 nitrogen and oxygen atoms in total. The van der Waals surface area contributed by atoms with Crippen LogP contribution in [-0.2, 0) is 6.54 Å². The molecule has 110 valence electrons. The van der Waals surface area contributed by atoms with Crippen LogP contribution >= 0.6 is 0 Å². The van der Waals surface area contributed by atoms with Crippen LogP contribution in [0.1, 0.15) is 50.3 Å². The number of nitrogens with one attached hydrogen (secondary N) is 1. The summed E-state index contributed by atoms with van der Waals surface area (Å²) in [6.07, 6.45) is 10.3. The smallest absolute Gasteiger partial charge is 0.0764 e. The molecule has 20 heavy (non-hydrogen) atoms. The van der Waals surface area contributed by atoms with Gasteiger partial charge in [0, 0.05) is 31.9 Å². The van der Waals surface area contributed by atoms with E-state index in [1.54, 1.807) is 0 Å². The number of aromatic nitrogens is 2. The van der Waals surface area contributed by atoms with Crippen molar-refractivity contribution in [2.75, 3.05) is 19.6 Å². The number of likely N-dealkylation sites (tertiary alicyclic amines) is 1. The Morgan fingerprint density at radius 3 is 2.90 bits per heavy atom. The van der Waals surface area contributed by atoms with Gasteiger partial charge in [-0.05, 0) is 44.2 Å². The van der Waals surface area contributed by atoms with Crippen LogP contribution in [-0.4, -0.2) is 40.4 Å². The summed E-state index contributed by atoms with van der Waals surface area (Å²) in [7, 11) is 0. The lowest BCUT2D eigenvalue weighted by atomic mass is 9.94. The lowest BCUT2D eigenvalue weighted by Crippen LogP contribution is -2.40. The molecule has 3 fully saturated rings. The van der Waals surface area contributed by atoms with Crippen molar-refractivity contribution in [1.29, 1.82) is 0 Å². The van der Waals surface area contributed by atoms with Crippen LogP contribution in [0.5, 0.6) is 0 Å². The third-order valence-electron chi connectivity index (χ3n) is 5.42. The third kappa shape index (κ3) is 2.51. The minimum atomic E-state index is 0.673. The first kappa shape index (κ1) is 12.8. The van der Waals surface area contributed by atoms with E-state index in [9.17, 15) is 0 Å². The van der Waals surface area contributed by atoms with Gasteiger partial charge in [-0.1, -0.05) is 12.8 Å². The van der Waals surface area contributed by atoms with Crippen molar-refractivity contribution in [1.82, 2.24) is 20.0 Å². The molecule has 0 bridgehead atoms. The van der Waals surface area contributed by atoms with Gasteiger partial charge in [0.1, 0.15) is 0 Å². The molecule has 2 unspecified atom stereocenters. The van der Waals surface area contributed by atoms with Crippen LogP contribution in [0.15, 0.2) is 12.3 Å². The van der Waals surface area contributed by atoms with Gasteiger partial charge in [-0.3, -0.25) is 9.58 Å². The molecule has 3 heterocycles. The highest BCUT2D eigenvalue weighted by atomic mass is 15.3. The Labute approximate surface area is 121 Å². The molecule has 1 aliphatic carbocycles. The van der Waals surface area contributed by atoms with E-state index in [2.05, 4.69) is 27.2 Å². The Bertz CT molecular complexity index is 435. The molecule has 1 saturated carbocycles. The molecule has 1 aromatic rings. The van der Waals surface area contributed by atoms with Crippen molar-refractivity contribution < 1.29 is 0 Å². The van der Waals surface area contributed by atoms with Gasteiger partial charge in [-0.15, -0.1) is 0 Å². The topological polar surface area (TPSA) is 33.1 Å². The maximum Gasteiger partial charge on any atom is 0.0764 e. The van der Waals surface area contributed by atoms with Crippen LogP contribution < -0.4 is 5.32 Å². The van der Waals surface area contributed by atoms with Crippen molar-refractivity contribution in [2.45, 2.75) is 57.2 Å². The number of nitrogens with zero attached hydrogens (tertiary/aromatic N) is 3. The molecule has 0 radical (unpaired) electrons. The Balaban J connectivity index is 1.37. The van der Waals surface area contributed by atoms with Crippen LogP contribution in [0.25, 0.3) is 0 Å². The predicted octanol–water partition coefficient (Wildman–Crippen LogP) is 2.18. The second-order valence-electron chi connectivity index (χ2n) is 6.88. The average Bonchev–Trinajstić information content (AvgIpc) is 3.18. The monoisotopic (exact) mass is 274 g/mol. The highest BCUT2D eigenvalue weighted by Gasteiger charge is 2.34. The Kier molecular flexibility index (Phi) is 3.52. The van der Waals surface area contributed by atoms with Crippen LogP contribution in [0, 0.1) is 5.92 Å². The highest BCUT2D eigenvalue weighted by molar-refractivity contribution is 5.02. The number of piperidine rings is 1. The summed E-state index contributed by atoms with van der Waals surface area (Å²) in [6, 6.07) is 3.64. The molecule has 2 aliphatic heterocycles. The first-order valence-electron chi connectivity index (χ1n) is 8.38. The molecular weight excluding hydrogens is 248 g/mol. The lowest BCUT2D eigenvalue weighted by Gasteiger charge is -2.24. The fourth-order valence-corrected chi connectivity index (χ4v) is 4.33. The van der Waals surface area contributed by atoms with Crippen LogP contribution in [0.4, 0.5) is 0 Å². The van der Waals surface area contributed by atoms with Crippen LogP contribution in [0.3, 0.4) is 0 Å². The standard InChI is InChI=1S/C16H26N4/c1-2-6-15(5-1)20-9-7-14(18-20)11-19-10-13-4-3-8-17-16(13)12-19/h7,9,13,15-17H,1-6,8,10-12H2. The Morgan fingerprint density at radius 1 is 1.15 bits per heavy atom. The molecule has 0 amide bonds. The normalized spacial score (nSPS) is 31.8. The molecule has 2 atom stereocenters. The summed E-state index contributed by atoms with van der Waals surface area (Å²) in [5, 5.41) is 8.51. The van der Waals surface area contributed by atoms with Gasteiger partial charge >= 0.3 is 0 Å². The zero-order valence-corrected chi connectivity index (χ0v) is 12.3. The summed E-state index contributed by atoms with van der Waals surface area (Å²) in [5.74, 6) is 0.876. The SMILES string of the molecule is c1cn(C2CCCC2)nc1CN1CC2CCCNC2C1. The van der Waals surface area contributed by atoms with Crippen molar-refractivity contribution in [2.24, 2.45) is 5.92 Å². The first-order chi connectivity index (χ1) is 9.88. The molecule has 4 heteroatoms. The zero-order chi connectivity index (χ0) is 13.4. The summed E-state index contributed by atoms with van der Waals surface area (Å²) in [4.78, 5) is 2.59. The van der Waals surface area contributed by atoms with E-state index < -0.39 is 0 Å². The summed E-state index contributed by atoms with van der Waals surface area (Å²) in [6.45, 7) is 4.72. The van der Waals surface area contributed by atoms with E-state index in [-0.39, 0.29) is 0 Å². The second kappa shape index (κ2) is 5.49. The molecule has 2 saturated heterocycles. The number of hydrogen-bond acceptors (Lipinski definition) is 3. The van der Waals surface area contributed by atoms with Gasteiger partial charge in [0.25, 0.3) is 0 Å². The fourth-order valence-electron chi connectivity index (χ4n) is 4.33. The van der Waals surface area contributed by atoms with Crippen LogP contribution in [0.2, 0.25) is 0 Å². The zero-order valence-electron chi connectivity index (χ0n) is 12.3. The maximum atomic E-state index is 4.83. The summed E-state index contributed by atoms with van der Waals surface area (Å²) in [5.41, 5.74) is 1.26. The minimum absolute atomic E-state index is 0.673. The van der Waals surface area contributed by atoms with E-state index in [1.807, 2.05) is 0 Å². The lowest BCUT2D eigenvalue weighted by molar-refractivity contribution is 0.306. The Hall–Kier alpha value is -0.870. The quantitative estimate of drug-likeness (QED) is 0.917. The van der Waals surface area contributed by atoms with E-state index in [1.165, 1.54) is 63.9 Å². The van der Waals surface area contributed by atoms with E-state index >= 15 is 0 Å². The van der Waals surface area contributed by atoms with Gasteiger partial charge < -0.3 is 5.32 Å². The average molecular weight is 274 g/mol. The van der Waals surface area contributed by atoms with Crippen molar-refractivity contribution in [3.05, 3.63) is 18.0 Å². The molecule has 1 N–H and O–H groups in total. The fraction of sp³-hybridized carbons (Fsp3) is 0.812. The first-order valence-corrected chi connectivity index (χ1v) is 8.38. The van der Waals surface area contributed by atoms with E-state index in [4.69, 9.17) is 5.10 Å². The van der Waals surface area contributed by atoms with Gasteiger partial charge in [-0.2, -0.15) is 5.10 Å². The molecule has 4 rings (SSSR count). The largest absolute Gasteiger partial charge is 0.312 e. The molecule has 0 aromatic carbocycles. The summed E-state index contributed by atoms with van der Waals surface area (Å²) >= 11 is 0. The number of fused-ring (bicyclic) bond motifs is 1. The van der Waals surface area contributed by atoms with Gasteiger partial charge in [0.2, 0.25) is 0 Å². The molecule has 1 aromatic heterocycles. The third-order valence-corrected chi connectivity index (χ3v) is 5.42. The maximum absolute atomic E-state index is 4.83. The van der Waals surface area contributed by atoms with Gasteiger partial charge in [0.05, 0.1) is 11.7 Å². The molecule has 0 spiro atoms. The minimum Gasteiger partial charge on any atom is -0.312 e. The molecule has 3 aliphatic rings. The Morgan fingerprint density at radius 2 is 2.05 bits per heavy atom. The van der Waals surface area contributed by atoms with Gasteiger partial charge in [0.15, 0.2) is 0 Å². The van der Waals surface area contributed by atoms with E-state index in [0.29, 0.717) is 6.04 Å². The van der Waals surface area contributed by atoms with E-state index in [0.717, 1.165) is 18.5 Å². The van der Waals surface area contributed by atoms with Crippen molar-refractivity contribution in [3.8, 4) is 0 Å². The number of rotatable bonds is 3. The molecular formula is C16H26N4. The highest BCUT2D eigenvalue weighted by Crippen LogP contribution is 2.29. The predicted molar refractivity (Wildman–Crippen MR) is 79.5 cm³/mol. The van der Waals surface area contributed by atoms with Crippen molar-refractivity contribution in [3.63, 3.8) is 0 Å². The number of hydrogen-bond donors (Lipinski definition) is 1. The second-order valence-corrected chi connectivity index (χ2v) is 6.88. The summed E-state index contributed by atoms with van der Waals surface area (Å²) < 4.78 is 2.23.